The predicted molar refractivity (Wildman–Crippen MR) is 80.2 cm³/mol. The normalized spacial score (nSPS) is 19.3. The molecule has 0 bridgehead atoms. The largest absolute Gasteiger partial charge is 0.329 e. The molecule has 1 aliphatic carbocycles. The molecule has 1 heterocycles. The van der Waals surface area contributed by atoms with Crippen LogP contribution in [0.15, 0.2) is 12.1 Å². The molecular formula is C14H23ClN2S. The van der Waals surface area contributed by atoms with Crippen LogP contribution < -0.4 is 5.73 Å². The van der Waals surface area contributed by atoms with Gasteiger partial charge in [0.2, 0.25) is 0 Å². The fourth-order valence-electron chi connectivity index (χ4n) is 3.05. The molecule has 0 spiro atoms. The summed E-state index contributed by atoms with van der Waals surface area (Å²) >= 11 is 7.65. The van der Waals surface area contributed by atoms with Gasteiger partial charge in [-0.3, -0.25) is 4.90 Å². The maximum atomic E-state index is 6.00. The van der Waals surface area contributed by atoms with Crippen LogP contribution >= 0.6 is 22.9 Å². The third-order valence-electron chi connectivity index (χ3n) is 4.04. The van der Waals surface area contributed by atoms with E-state index in [1.54, 1.807) is 11.3 Å². The molecule has 2 N–H and O–H groups in total. The summed E-state index contributed by atoms with van der Waals surface area (Å²) in [5.74, 6) is 0.782. The van der Waals surface area contributed by atoms with Crippen LogP contribution in [0.25, 0.3) is 0 Å². The first kappa shape index (κ1) is 14.3. The topological polar surface area (TPSA) is 29.3 Å². The molecule has 1 aliphatic rings. The molecule has 1 aromatic rings. The van der Waals surface area contributed by atoms with Gasteiger partial charge in [-0.05, 0) is 37.9 Å². The van der Waals surface area contributed by atoms with Gasteiger partial charge in [0.25, 0.3) is 0 Å². The van der Waals surface area contributed by atoms with Gasteiger partial charge in [-0.25, -0.2) is 0 Å². The van der Waals surface area contributed by atoms with Crippen LogP contribution in [0.1, 0.15) is 37.0 Å². The van der Waals surface area contributed by atoms with Crippen molar-refractivity contribution in [2.24, 2.45) is 11.7 Å². The van der Waals surface area contributed by atoms with Crippen LogP contribution in [0.2, 0.25) is 4.34 Å². The highest BCUT2D eigenvalue weighted by Crippen LogP contribution is 2.30. The highest BCUT2D eigenvalue weighted by molar-refractivity contribution is 7.16. The Labute approximate surface area is 119 Å². The second kappa shape index (κ2) is 6.90. The maximum Gasteiger partial charge on any atom is 0.0931 e. The van der Waals surface area contributed by atoms with Crippen LogP contribution in [-0.2, 0) is 6.54 Å². The van der Waals surface area contributed by atoms with E-state index in [0.717, 1.165) is 23.3 Å². The van der Waals surface area contributed by atoms with E-state index in [-0.39, 0.29) is 0 Å². The van der Waals surface area contributed by atoms with Crippen LogP contribution in [0, 0.1) is 5.92 Å². The first-order valence-corrected chi connectivity index (χ1v) is 8.04. The number of nitrogens with two attached hydrogens (primary N) is 1. The van der Waals surface area contributed by atoms with Gasteiger partial charge in [0.15, 0.2) is 0 Å². The highest BCUT2D eigenvalue weighted by Gasteiger charge is 2.25. The summed E-state index contributed by atoms with van der Waals surface area (Å²) in [6, 6.07) is 4.62. The third kappa shape index (κ3) is 3.70. The lowest BCUT2D eigenvalue weighted by Gasteiger charge is -2.35. The number of likely N-dealkylation sites (N-methyl/N-ethyl adjacent to an activating group) is 1. The first-order chi connectivity index (χ1) is 8.70. The van der Waals surface area contributed by atoms with E-state index in [1.165, 1.54) is 37.0 Å². The van der Waals surface area contributed by atoms with Crippen molar-refractivity contribution in [2.45, 2.75) is 44.7 Å². The minimum absolute atomic E-state index is 0.520. The van der Waals surface area contributed by atoms with Gasteiger partial charge in [0, 0.05) is 24.0 Å². The molecule has 1 aromatic heterocycles. The second-order valence-electron chi connectivity index (χ2n) is 5.32. The Morgan fingerprint density at radius 2 is 2.11 bits per heavy atom. The first-order valence-electron chi connectivity index (χ1n) is 6.85. The molecule has 2 rings (SSSR count). The van der Waals surface area contributed by atoms with Crippen molar-refractivity contribution in [3.8, 4) is 0 Å². The van der Waals surface area contributed by atoms with E-state index >= 15 is 0 Å². The molecule has 18 heavy (non-hydrogen) atoms. The van der Waals surface area contributed by atoms with E-state index in [9.17, 15) is 0 Å². The van der Waals surface area contributed by atoms with Crippen molar-refractivity contribution in [1.82, 2.24) is 4.90 Å². The van der Waals surface area contributed by atoms with E-state index in [4.69, 9.17) is 17.3 Å². The lowest BCUT2D eigenvalue weighted by molar-refractivity contribution is 0.144. The van der Waals surface area contributed by atoms with E-state index in [2.05, 4.69) is 18.0 Å². The zero-order chi connectivity index (χ0) is 13.0. The average molecular weight is 287 g/mol. The van der Waals surface area contributed by atoms with Crippen molar-refractivity contribution in [2.75, 3.05) is 13.6 Å². The van der Waals surface area contributed by atoms with Crippen molar-refractivity contribution in [3.05, 3.63) is 21.3 Å². The van der Waals surface area contributed by atoms with Crippen LogP contribution in [0.3, 0.4) is 0 Å². The van der Waals surface area contributed by atoms with E-state index in [1.807, 2.05) is 6.07 Å². The highest BCUT2D eigenvalue weighted by atomic mass is 35.5. The summed E-state index contributed by atoms with van der Waals surface area (Å²) in [7, 11) is 2.19. The molecule has 2 nitrogen and oxygen atoms in total. The van der Waals surface area contributed by atoms with Gasteiger partial charge < -0.3 is 5.73 Å². The molecule has 0 amide bonds. The van der Waals surface area contributed by atoms with Gasteiger partial charge in [-0.2, -0.15) is 0 Å². The lowest BCUT2D eigenvalue weighted by Crippen LogP contribution is -2.43. The Morgan fingerprint density at radius 3 is 2.67 bits per heavy atom. The van der Waals surface area contributed by atoms with Gasteiger partial charge in [0.05, 0.1) is 4.34 Å². The molecule has 0 aromatic carbocycles. The van der Waals surface area contributed by atoms with E-state index in [0.29, 0.717) is 6.04 Å². The van der Waals surface area contributed by atoms with Crippen LogP contribution in [0.5, 0.6) is 0 Å². The zero-order valence-corrected chi connectivity index (χ0v) is 12.6. The zero-order valence-electron chi connectivity index (χ0n) is 11.1. The third-order valence-corrected chi connectivity index (χ3v) is 5.25. The Bertz CT molecular complexity index is 360. The van der Waals surface area contributed by atoms with Crippen LogP contribution in [-0.4, -0.2) is 24.5 Å². The second-order valence-corrected chi connectivity index (χ2v) is 7.12. The fourth-order valence-corrected chi connectivity index (χ4v) is 4.20. The molecule has 1 saturated carbocycles. The van der Waals surface area contributed by atoms with Gasteiger partial charge in [0.1, 0.15) is 0 Å². The Morgan fingerprint density at radius 1 is 1.39 bits per heavy atom. The Kier molecular flexibility index (Phi) is 5.49. The monoisotopic (exact) mass is 286 g/mol. The number of halogens is 1. The van der Waals surface area contributed by atoms with Gasteiger partial charge in [-0.15, -0.1) is 11.3 Å². The standard InChI is InChI=1S/C14H23ClN2S/c1-17(10-12-7-8-14(15)18-12)13(9-16)11-5-3-2-4-6-11/h7-8,11,13H,2-6,9-10,16H2,1H3. The molecule has 4 heteroatoms. The molecule has 0 saturated heterocycles. The Hall–Kier alpha value is -0.0900. The van der Waals surface area contributed by atoms with Gasteiger partial charge in [-0.1, -0.05) is 30.9 Å². The number of thiophene rings is 1. The van der Waals surface area contributed by atoms with Crippen molar-refractivity contribution in [1.29, 1.82) is 0 Å². The molecule has 1 atom stereocenters. The molecule has 1 fully saturated rings. The molecule has 102 valence electrons. The van der Waals surface area contributed by atoms with Crippen molar-refractivity contribution < 1.29 is 0 Å². The number of hydrogen-bond acceptors (Lipinski definition) is 3. The summed E-state index contributed by atoms with van der Waals surface area (Å²) in [5, 5.41) is 0. The maximum absolute atomic E-state index is 6.00. The smallest absolute Gasteiger partial charge is 0.0931 e. The molecule has 0 radical (unpaired) electrons. The molecular weight excluding hydrogens is 264 g/mol. The summed E-state index contributed by atoms with van der Waals surface area (Å²) in [6.07, 6.45) is 6.84. The summed E-state index contributed by atoms with van der Waals surface area (Å²) in [4.78, 5) is 3.75. The SMILES string of the molecule is CN(Cc1ccc(Cl)s1)C(CN)C1CCCCC1. The molecule has 1 unspecified atom stereocenters. The van der Waals surface area contributed by atoms with Gasteiger partial charge >= 0.3 is 0 Å². The van der Waals surface area contributed by atoms with Crippen molar-refractivity contribution in [3.63, 3.8) is 0 Å². The summed E-state index contributed by atoms with van der Waals surface area (Å²) < 4.78 is 0.875. The fraction of sp³-hybridized carbons (Fsp3) is 0.714. The predicted octanol–water partition coefficient (Wildman–Crippen LogP) is 3.74. The summed E-state index contributed by atoms with van der Waals surface area (Å²) in [5.41, 5.74) is 6.00. The van der Waals surface area contributed by atoms with E-state index < -0.39 is 0 Å². The minimum atomic E-state index is 0.520. The average Bonchev–Trinajstić information content (AvgIpc) is 2.77. The minimum Gasteiger partial charge on any atom is -0.329 e. The lowest BCUT2D eigenvalue weighted by atomic mass is 9.83. The molecule has 0 aliphatic heterocycles. The van der Waals surface area contributed by atoms with Crippen LogP contribution in [0.4, 0.5) is 0 Å². The number of nitrogens with zero attached hydrogens (tertiary/aromatic N) is 1. The van der Waals surface area contributed by atoms with Crippen molar-refractivity contribution >= 4 is 22.9 Å². The summed E-state index contributed by atoms with van der Waals surface area (Å²) in [6.45, 7) is 1.73. The quantitative estimate of drug-likeness (QED) is 0.893. The Balaban J connectivity index is 1.93. The number of rotatable bonds is 5. The number of hydrogen-bond donors (Lipinski definition) is 1.